The monoisotopic (exact) mass is 291 g/mol. The Kier molecular flexibility index (Phi) is 5.17. The van der Waals surface area contributed by atoms with Crippen LogP contribution >= 0.6 is 0 Å². The van der Waals surface area contributed by atoms with Crippen molar-refractivity contribution in [2.24, 2.45) is 0 Å². The lowest BCUT2D eigenvalue weighted by Gasteiger charge is -2.16. The van der Waals surface area contributed by atoms with Gasteiger partial charge >= 0.3 is 0 Å². The van der Waals surface area contributed by atoms with Gasteiger partial charge in [-0.1, -0.05) is 25.9 Å². The van der Waals surface area contributed by atoms with E-state index >= 15 is 0 Å². The molecule has 0 aliphatic heterocycles. The lowest BCUT2D eigenvalue weighted by atomic mass is 10.1. The number of aromatic nitrogens is 2. The fourth-order valence-electron chi connectivity index (χ4n) is 2.16. The van der Waals surface area contributed by atoms with E-state index in [4.69, 9.17) is 8.94 Å². The average molecular weight is 291 g/mol. The lowest BCUT2D eigenvalue weighted by molar-refractivity contribution is 0.289. The Labute approximate surface area is 126 Å². The first-order valence-electron chi connectivity index (χ1n) is 7.53. The Morgan fingerprint density at radius 1 is 1.24 bits per heavy atom. The van der Waals surface area contributed by atoms with Gasteiger partial charge in [-0.15, -0.1) is 0 Å². The smallest absolute Gasteiger partial charge is 0.229 e. The van der Waals surface area contributed by atoms with Gasteiger partial charge < -0.3 is 8.94 Å². The summed E-state index contributed by atoms with van der Waals surface area (Å²) in [5, 5.41) is 4.02. The number of rotatable bonds is 7. The number of hydrogen-bond acceptors (Lipinski definition) is 5. The molecular weight excluding hydrogens is 266 g/mol. The van der Waals surface area contributed by atoms with Crippen molar-refractivity contribution in [1.29, 1.82) is 0 Å². The molecule has 0 saturated carbocycles. The summed E-state index contributed by atoms with van der Waals surface area (Å²) in [7, 11) is 2.07. The molecule has 0 amide bonds. The molecule has 0 unspecified atom stereocenters. The van der Waals surface area contributed by atoms with Crippen LogP contribution < -0.4 is 0 Å². The van der Waals surface area contributed by atoms with Crippen LogP contribution in [0.5, 0.6) is 0 Å². The quantitative estimate of drug-likeness (QED) is 0.778. The normalized spacial score (nSPS) is 13.3. The summed E-state index contributed by atoms with van der Waals surface area (Å²) in [6.45, 7) is 9.94. The zero-order valence-corrected chi connectivity index (χ0v) is 13.6. The molecule has 0 aliphatic rings. The Hall–Kier alpha value is -1.62. The minimum absolute atomic E-state index is 0.277. The van der Waals surface area contributed by atoms with Crippen LogP contribution in [0.4, 0.5) is 0 Å². The van der Waals surface area contributed by atoms with Gasteiger partial charge in [-0.25, -0.2) is 0 Å². The largest absolute Gasteiger partial charge is 0.466 e. The van der Waals surface area contributed by atoms with Crippen molar-refractivity contribution >= 4 is 0 Å². The predicted octanol–water partition coefficient (Wildman–Crippen LogP) is 3.72. The maximum atomic E-state index is 5.67. The summed E-state index contributed by atoms with van der Waals surface area (Å²) < 4.78 is 10.9. The minimum Gasteiger partial charge on any atom is -0.466 e. The summed E-state index contributed by atoms with van der Waals surface area (Å²) in [6.07, 6.45) is 1.04. The van der Waals surface area contributed by atoms with Gasteiger partial charge in [0.25, 0.3) is 0 Å². The minimum atomic E-state index is 0.277. The number of aryl methyl sites for hydroxylation is 1. The van der Waals surface area contributed by atoms with E-state index in [1.807, 2.05) is 26.8 Å². The summed E-state index contributed by atoms with van der Waals surface area (Å²) in [5.41, 5.74) is 0. The summed E-state index contributed by atoms with van der Waals surface area (Å²) in [6, 6.07) is 4.08. The first kappa shape index (κ1) is 15.8. The topological polar surface area (TPSA) is 55.3 Å². The molecule has 2 aromatic heterocycles. The van der Waals surface area contributed by atoms with Crippen molar-refractivity contribution < 1.29 is 8.94 Å². The molecule has 2 aromatic rings. The SMILES string of the molecule is Cc1ccc([C@H](C)CCN(C)Cc2noc(C(C)C)n2)o1. The van der Waals surface area contributed by atoms with E-state index < -0.39 is 0 Å². The lowest BCUT2D eigenvalue weighted by Crippen LogP contribution is -2.21. The van der Waals surface area contributed by atoms with Gasteiger partial charge in [0.1, 0.15) is 11.5 Å². The van der Waals surface area contributed by atoms with Crippen LogP contribution in [0.3, 0.4) is 0 Å². The molecule has 0 fully saturated rings. The van der Waals surface area contributed by atoms with E-state index in [1.165, 1.54) is 0 Å². The Balaban J connectivity index is 1.80. The van der Waals surface area contributed by atoms with Crippen molar-refractivity contribution in [2.75, 3.05) is 13.6 Å². The Bertz CT molecular complexity index is 559. The average Bonchev–Trinajstić information content (AvgIpc) is 3.05. The van der Waals surface area contributed by atoms with Crippen LogP contribution in [0.1, 0.15) is 62.3 Å². The fourth-order valence-corrected chi connectivity index (χ4v) is 2.16. The summed E-state index contributed by atoms with van der Waals surface area (Å²) in [4.78, 5) is 6.61. The molecule has 2 heterocycles. The van der Waals surface area contributed by atoms with E-state index in [0.717, 1.165) is 30.3 Å². The molecule has 1 atom stereocenters. The second kappa shape index (κ2) is 6.89. The van der Waals surface area contributed by atoms with Gasteiger partial charge in [-0.05, 0) is 39.1 Å². The van der Waals surface area contributed by atoms with Crippen LogP contribution in [0.2, 0.25) is 0 Å². The molecule has 0 bridgehead atoms. The Morgan fingerprint density at radius 2 is 2.00 bits per heavy atom. The highest BCUT2D eigenvalue weighted by Gasteiger charge is 2.14. The van der Waals surface area contributed by atoms with Crippen molar-refractivity contribution in [3.05, 3.63) is 35.4 Å². The third kappa shape index (κ3) is 4.43. The molecule has 5 heteroatoms. The number of furan rings is 1. The van der Waals surface area contributed by atoms with Crippen molar-refractivity contribution in [1.82, 2.24) is 15.0 Å². The molecule has 21 heavy (non-hydrogen) atoms. The molecule has 0 spiro atoms. The third-order valence-electron chi connectivity index (χ3n) is 3.58. The maximum Gasteiger partial charge on any atom is 0.229 e. The second-order valence-corrected chi connectivity index (χ2v) is 6.08. The van der Waals surface area contributed by atoms with E-state index in [1.54, 1.807) is 0 Å². The first-order valence-corrected chi connectivity index (χ1v) is 7.53. The molecule has 0 radical (unpaired) electrons. The summed E-state index contributed by atoms with van der Waals surface area (Å²) >= 11 is 0. The molecule has 0 N–H and O–H groups in total. The van der Waals surface area contributed by atoms with Crippen molar-refractivity contribution in [3.63, 3.8) is 0 Å². The van der Waals surface area contributed by atoms with Crippen molar-refractivity contribution in [3.8, 4) is 0 Å². The van der Waals surface area contributed by atoms with Gasteiger partial charge in [0.15, 0.2) is 5.82 Å². The molecule has 0 aromatic carbocycles. The van der Waals surface area contributed by atoms with Crippen LogP contribution in [0, 0.1) is 6.92 Å². The van der Waals surface area contributed by atoms with E-state index in [2.05, 4.69) is 35.1 Å². The standard InChI is InChI=1S/C16H25N3O2/c1-11(2)16-17-15(18-21-16)10-19(5)9-8-12(3)14-7-6-13(4)20-14/h6-7,11-12H,8-10H2,1-5H3/t12-/m1/s1. The van der Waals surface area contributed by atoms with E-state index in [9.17, 15) is 0 Å². The van der Waals surface area contributed by atoms with Gasteiger partial charge in [0.05, 0.1) is 6.54 Å². The molecule has 5 nitrogen and oxygen atoms in total. The number of hydrogen-bond donors (Lipinski definition) is 0. The maximum absolute atomic E-state index is 5.67. The van der Waals surface area contributed by atoms with Crippen LogP contribution in [0.15, 0.2) is 21.1 Å². The molecular formula is C16H25N3O2. The Morgan fingerprint density at radius 3 is 2.57 bits per heavy atom. The summed E-state index contributed by atoms with van der Waals surface area (Å²) in [5.74, 6) is 4.18. The molecule has 0 aliphatic carbocycles. The first-order chi connectivity index (χ1) is 9.95. The number of nitrogens with zero attached hydrogens (tertiary/aromatic N) is 3. The highest BCUT2D eigenvalue weighted by Crippen LogP contribution is 2.21. The van der Waals surface area contributed by atoms with E-state index in [0.29, 0.717) is 18.4 Å². The second-order valence-electron chi connectivity index (χ2n) is 6.08. The zero-order chi connectivity index (χ0) is 15.4. The van der Waals surface area contributed by atoms with Gasteiger partial charge in [-0.3, -0.25) is 4.90 Å². The predicted molar refractivity (Wildman–Crippen MR) is 81.2 cm³/mol. The van der Waals surface area contributed by atoms with E-state index in [-0.39, 0.29) is 5.92 Å². The molecule has 116 valence electrons. The highest BCUT2D eigenvalue weighted by molar-refractivity contribution is 5.09. The van der Waals surface area contributed by atoms with Crippen LogP contribution in [0.25, 0.3) is 0 Å². The van der Waals surface area contributed by atoms with Gasteiger partial charge in [0, 0.05) is 11.8 Å². The van der Waals surface area contributed by atoms with Crippen molar-refractivity contribution in [2.45, 2.75) is 52.5 Å². The van der Waals surface area contributed by atoms with Crippen LogP contribution in [-0.4, -0.2) is 28.6 Å². The highest BCUT2D eigenvalue weighted by atomic mass is 16.5. The molecule has 2 rings (SSSR count). The molecule has 0 saturated heterocycles. The van der Waals surface area contributed by atoms with Gasteiger partial charge in [0.2, 0.25) is 5.89 Å². The zero-order valence-electron chi connectivity index (χ0n) is 13.6. The van der Waals surface area contributed by atoms with Crippen LogP contribution in [-0.2, 0) is 6.54 Å². The third-order valence-corrected chi connectivity index (χ3v) is 3.58. The van der Waals surface area contributed by atoms with Gasteiger partial charge in [-0.2, -0.15) is 4.98 Å². The fraction of sp³-hybridized carbons (Fsp3) is 0.625.